The zero-order chi connectivity index (χ0) is 13.0. The average molecular weight is 243 g/mol. The molecule has 2 aromatic heterocycles. The van der Waals surface area contributed by atoms with E-state index in [1.54, 1.807) is 17.1 Å². The van der Waals surface area contributed by atoms with Gasteiger partial charge in [-0.05, 0) is 24.2 Å². The van der Waals surface area contributed by atoms with Crippen molar-refractivity contribution >= 4 is 5.97 Å². The first-order valence-corrected chi connectivity index (χ1v) is 5.65. The highest BCUT2D eigenvalue weighted by molar-refractivity contribution is 5.63. The van der Waals surface area contributed by atoms with Crippen molar-refractivity contribution in [1.82, 2.24) is 10.1 Å². The molecule has 92 valence electrons. The van der Waals surface area contributed by atoms with Crippen molar-refractivity contribution in [3.63, 3.8) is 0 Å². The fourth-order valence-corrected chi connectivity index (χ4v) is 1.58. The van der Waals surface area contributed by atoms with Crippen molar-refractivity contribution in [3.05, 3.63) is 42.4 Å². The Morgan fingerprint density at radius 2 is 2.22 bits per heavy atom. The predicted octanol–water partition coefficient (Wildman–Crippen LogP) is -0.120. The molecule has 0 atom stereocenters. The minimum Gasteiger partial charge on any atom is -0.550 e. The highest BCUT2D eigenvalue weighted by Crippen LogP contribution is 2.13. The number of aromatic nitrogens is 3. The molecule has 0 saturated carbocycles. The summed E-state index contributed by atoms with van der Waals surface area (Å²) in [6, 6.07) is 7.65. The van der Waals surface area contributed by atoms with Crippen molar-refractivity contribution in [2.24, 2.45) is 0 Å². The summed E-state index contributed by atoms with van der Waals surface area (Å²) in [5.74, 6) is -1.08. The molecule has 0 aliphatic carbocycles. The Hall–Kier alpha value is -2.30. The highest BCUT2D eigenvalue weighted by atomic mass is 16.4. The van der Waals surface area contributed by atoms with Crippen LogP contribution in [0.4, 0.5) is 0 Å². The van der Waals surface area contributed by atoms with E-state index in [1.807, 2.05) is 31.2 Å². The summed E-state index contributed by atoms with van der Waals surface area (Å²) in [4.78, 5) is 14.7. The standard InChI is InChI=1S/C13H13N3O2/c1-10-3-2-4-12(15-10)11-5-7-16(14-9-11)8-6-13(17)18/h2-5,7,9H,6,8H2,1H3. The van der Waals surface area contributed by atoms with Crippen LogP contribution in [0, 0.1) is 6.92 Å². The Balaban J connectivity index is 2.14. The Morgan fingerprint density at radius 1 is 1.39 bits per heavy atom. The SMILES string of the molecule is Cc1cccc(-c2cc[n+](CCC(=O)[O-])nc2)n1. The average Bonchev–Trinajstić information content (AvgIpc) is 2.37. The van der Waals surface area contributed by atoms with Gasteiger partial charge < -0.3 is 9.90 Å². The third-order valence-electron chi connectivity index (χ3n) is 2.50. The van der Waals surface area contributed by atoms with E-state index in [9.17, 15) is 9.90 Å². The molecule has 0 unspecified atom stereocenters. The molecule has 0 aliphatic heterocycles. The second-order valence-electron chi connectivity index (χ2n) is 3.96. The van der Waals surface area contributed by atoms with Crippen LogP contribution in [0.5, 0.6) is 0 Å². The van der Waals surface area contributed by atoms with E-state index in [1.165, 1.54) is 0 Å². The monoisotopic (exact) mass is 243 g/mol. The molecule has 0 fully saturated rings. The Kier molecular flexibility index (Phi) is 3.62. The van der Waals surface area contributed by atoms with Crippen LogP contribution in [-0.4, -0.2) is 16.1 Å². The van der Waals surface area contributed by atoms with Crippen LogP contribution < -0.4 is 9.79 Å². The molecule has 0 N–H and O–H groups in total. The number of nitrogens with zero attached hydrogens (tertiary/aromatic N) is 3. The first-order chi connectivity index (χ1) is 8.65. The van der Waals surface area contributed by atoms with Crippen molar-refractivity contribution in [1.29, 1.82) is 0 Å². The number of pyridine rings is 1. The summed E-state index contributed by atoms with van der Waals surface area (Å²) in [6.45, 7) is 2.24. The molecule has 0 spiro atoms. The number of hydrogen-bond donors (Lipinski definition) is 0. The minimum atomic E-state index is -1.08. The van der Waals surface area contributed by atoms with E-state index in [0.29, 0.717) is 6.54 Å². The molecule has 2 aromatic rings. The maximum absolute atomic E-state index is 10.3. The second kappa shape index (κ2) is 5.35. The van der Waals surface area contributed by atoms with Gasteiger partial charge in [-0.25, -0.2) is 0 Å². The Labute approximate surface area is 105 Å². The summed E-state index contributed by atoms with van der Waals surface area (Å²) >= 11 is 0. The first-order valence-electron chi connectivity index (χ1n) is 5.65. The van der Waals surface area contributed by atoms with E-state index < -0.39 is 5.97 Å². The van der Waals surface area contributed by atoms with Crippen molar-refractivity contribution in [2.75, 3.05) is 0 Å². The van der Waals surface area contributed by atoms with Crippen molar-refractivity contribution in [3.8, 4) is 11.3 Å². The quantitative estimate of drug-likeness (QED) is 0.702. The number of carboxylic acids is 1. The number of carbonyl (C=O) groups is 1. The third-order valence-corrected chi connectivity index (χ3v) is 2.50. The van der Waals surface area contributed by atoms with E-state index in [-0.39, 0.29) is 6.42 Å². The summed E-state index contributed by atoms with van der Waals surface area (Å²) in [6.07, 6.45) is 3.37. The molecule has 0 aromatic carbocycles. The van der Waals surface area contributed by atoms with E-state index >= 15 is 0 Å². The molecule has 18 heavy (non-hydrogen) atoms. The lowest BCUT2D eigenvalue weighted by Crippen LogP contribution is -2.40. The summed E-state index contributed by atoms with van der Waals surface area (Å²) in [7, 11) is 0. The number of carboxylic acid groups (broad SMARTS) is 1. The molecular formula is C13H13N3O2. The van der Waals surface area contributed by atoms with Crippen molar-refractivity contribution < 1.29 is 14.6 Å². The predicted molar refractivity (Wildman–Crippen MR) is 62.0 cm³/mol. The second-order valence-corrected chi connectivity index (χ2v) is 3.96. The number of hydrogen-bond acceptors (Lipinski definition) is 4. The van der Waals surface area contributed by atoms with Crippen LogP contribution in [-0.2, 0) is 11.3 Å². The van der Waals surface area contributed by atoms with Crippen molar-refractivity contribution in [2.45, 2.75) is 19.9 Å². The smallest absolute Gasteiger partial charge is 0.197 e. The van der Waals surface area contributed by atoms with Crippen LogP contribution >= 0.6 is 0 Å². The molecule has 0 aliphatic rings. The van der Waals surface area contributed by atoms with Crippen LogP contribution in [0.1, 0.15) is 12.1 Å². The highest BCUT2D eigenvalue weighted by Gasteiger charge is 2.05. The van der Waals surface area contributed by atoms with E-state index in [4.69, 9.17) is 0 Å². The van der Waals surface area contributed by atoms with Gasteiger partial charge in [0.2, 0.25) is 0 Å². The van der Waals surface area contributed by atoms with Gasteiger partial charge in [-0.2, -0.15) is 0 Å². The van der Waals surface area contributed by atoms with Gasteiger partial charge in [0, 0.05) is 29.7 Å². The maximum atomic E-state index is 10.3. The van der Waals surface area contributed by atoms with Crippen LogP contribution in [0.2, 0.25) is 0 Å². The number of rotatable bonds is 4. The van der Waals surface area contributed by atoms with Gasteiger partial charge in [0.15, 0.2) is 12.7 Å². The van der Waals surface area contributed by atoms with E-state index in [2.05, 4.69) is 10.1 Å². The summed E-state index contributed by atoms with van der Waals surface area (Å²) < 4.78 is 1.56. The Morgan fingerprint density at radius 3 is 2.83 bits per heavy atom. The van der Waals surface area contributed by atoms with Crippen LogP contribution in [0.25, 0.3) is 11.3 Å². The third kappa shape index (κ3) is 3.10. The molecule has 0 saturated heterocycles. The fourth-order valence-electron chi connectivity index (χ4n) is 1.58. The number of aryl methyl sites for hydroxylation is 2. The van der Waals surface area contributed by atoms with Gasteiger partial charge in [0.1, 0.15) is 6.20 Å². The lowest BCUT2D eigenvalue weighted by molar-refractivity contribution is -0.753. The van der Waals surface area contributed by atoms with E-state index in [0.717, 1.165) is 17.0 Å². The molecule has 2 heterocycles. The normalized spacial score (nSPS) is 10.3. The topological polar surface area (TPSA) is 69.8 Å². The van der Waals surface area contributed by atoms with Gasteiger partial charge in [-0.15, -0.1) is 0 Å². The van der Waals surface area contributed by atoms with Gasteiger partial charge in [-0.1, -0.05) is 10.7 Å². The number of carbonyl (C=O) groups excluding carboxylic acids is 1. The molecule has 5 nitrogen and oxygen atoms in total. The van der Waals surface area contributed by atoms with Gasteiger partial charge in [0.05, 0.1) is 5.69 Å². The summed E-state index contributed by atoms with van der Waals surface area (Å²) in [5.41, 5.74) is 2.71. The summed E-state index contributed by atoms with van der Waals surface area (Å²) in [5, 5.41) is 14.5. The molecule has 0 radical (unpaired) electrons. The lowest BCUT2D eigenvalue weighted by Gasteiger charge is -2.00. The fraction of sp³-hybridized carbons (Fsp3) is 0.231. The molecule has 2 rings (SSSR count). The lowest BCUT2D eigenvalue weighted by atomic mass is 10.2. The molecule has 0 bridgehead atoms. The molecule has 0 amide bonds. The van der Waals surface area contributed by atoms with Crippen LogP contribution in [0.15, 0.2) is 36.7 Å². The van der Waals surface area contributed by atoms with Crippen LogP contribution in [0.3, 0.4) is 0 Å². The zero-order valence-electron chi connectivity index (χ0n) is 10.0. The maximum Gasteiger partial charge on any atom is 0.197 e. The van der Waals surface area contributed by atoms with Gasteiger partial charge >= 0.3 is 0 Å². The molecular weight excluding hydrogens is 230 g/mol. The first kappa shape index (κ1) is 12.2. The number of aliphatic carboxylic acids is 1. The largest absolute Gasteiger partial charge is 0.550 e. The minimum absolute atomic E-state index is 0.0420. The van der Waals surface area contributed by atoms with Gasteiger partial charge in [0.25, 0.3) is 0 Å². The molecule has 5 heteroatoms. The van der Waals surface area contributed by atoms with Gasteiger partial charge in [-0.3, -0.25) is 4.98 Å². The zero-order valence-corrected chi connectivity index (χ0v) is 10.0. The Bertz CT molecular complexity index is 552.